The van der Waals surface area contributed by atoms with E-state index >= 15 is 0 Å². The minimum Gasteiger partial charge on any atom is -0.444 e. The van der Waals surface area contributed by atoms with Crippen molar-refractivity contribution in [2.45, 2.75) is 108 Å². The molecule has 1 saturated carbocycles. The summed E-state index contributed by atoms with van der Waals surface area (Å²) in [6.45, 7) is 5.07. The van der Waals surface area contributed by atoms with Gasteiger partial charge >= 0.3 is 12.2 Å². The van der Waals surface area contributed by atoms with E-state index in [0.717, 1.165) is 18.9 Å². The van der Waals surface area contributed by atoms with Crippen LogP contribution in [0.1, 0.15) is 76.8 Å². The van der Waals surface area contributed by atoms with Gasteiger partial charge in [-0.2, -0.15) is 5.48 Å². The molecule has 2 aromatic rings. The van der Waals surface area contributed by atoms with E-state index in [-0.39, 0.29) is 44.6 Å². The van der Waals surface area contributed by atoms with Crippen LogP contribution in [0, 0.1) is 17.6 Å². The zero-order chi connectivity index (χ0) is 37.9. The highest BCUT2D eigenvalue weighted by Crippen LogP contribution is 2.45. The number of nitrogens with one attached hydrogen (secondary N) is 3. The molecule has 3 aliphatic heterocycles. The monoisotopic (exact) mass is 737 g/mol. The first-order valence-corrected chi connectivity index (χ1v) is 18.0. The molecule has 0 aromatic heterocycles. The molecule has 0 bridgehead atoms. The van der Waals surface area contributed by atoms with Crippen molar-refractivity contribution in [2.75, 3.05) is 6.54 Å². The summed E-state index contributed by atoms with van der Waals surface area (Å²) in [7, 11) is 0. The predicted octanol–water partition coefficient (Wildman–Crippen LogP) is 4.79. The number of halogens is 2. The fraction of sp³-hybridized carbons (Fsp3) is 0.500. The van der Waals surface area contributed by atoms with Gasteiger partial charge in [-0.15, -0.1) is 0 Å². The average molecular weight is 738 g/mol. The van der Waals surface area contributed by atoms with E-state index in [4.69, 9.17) is 14.3 Å². The number of carbonyl (C=O) groups excluding carboxylic acids is 5. The summed E-state index contributed by atoms with van der Waals surface area (Å²) in [5, 5.41) is 5.54. The average Bonchev–Trinajstić information content (AvgIpc) is 3.39. The molecule has 1 aliphatic carbocycles. The number of hydrogen-bond acceptors (Lipinski definition) is 8. The first-order valence-electron chi connectivity index (χ1n) is 18.0. The van der Waals surface area contributed by atoms with Crippen LogP contribution in [0.25, 0.3) is 0 Å². The second kappa shape index (κ2) is 15.4. The van der Waals surface area contributed by atoms with Crippen molar-refractivity contribution in [3.8, 4) is 5.75 Å². The van der Waals surface area contributed by atoms with Crippen LogP contribution in [0.3, 0.4) is 0 Å². The Labute approximate surface area is 306 Å². The number of amides is 5. The molecule has 53 heavy (non-hydrogen) atoms. The molecule has 0 radical (unpaired) electrons. The highest BCUT2D eigenvalue weighted by atomic mass is 19.1. The summed E-state index contributed by atoms with van der Waals surface area (Å²) in [5.74, 6) is -3.25. The fourth-order valence-corrected chi connectivity index (χ4v) is 7.07. The smallest absolute Gasteiger partial charge is 0.410 e. The van der Waals surface area contributed by atoms with Gasteiger partial charge in [0.05, 0.1) is 13.1 Å². The van der Waals surface area contributed by atoms with Gasteiger partial charge in [-0.05, 0) is 70.2 Å². The number of hydrogen-bond donors (Lipinski definition) is 3. The molecule has 4 aliphatic rings. The van der Waals surface area contributed by atoms with Gasteiger partial charge in [0.2, 0.25) is 11.8 Å². The van der Waals surface area contributed by atoms with E-state index < -0.39 is 76.8 Å². The van der Waals surface area contributed by atoms with Crippen LogP contribution in [0.5, 0.6) is 5.75 Å². The molecule has 2 aromatic carbocycles. The normalized spacial score (nSPS) is 26.4. The third kappa shape index (κ3) is 8.88. The van der Waals surface area contributed by atoms with E-state index in [0.29, 0.717) is 24.0 Å². The van der Waals surface area contributed by atoms with E-state index in [1.54, 1.807) is 32.9 Å². The van der Waals surface area contributed by atoms with Gasteiger partial charge in [-0.1, -0.05) is 43.2 Å². The largest absolute Gasteiger partial charge is 0.444 e. The van der Waals surface area contributed by atoms with Crippen LogP contribution in [0.4, 0.5) is 18.4 Å². The minimum absolute atomic E-state index is 0.00618. The zero-order valence-corrected chi connectivity index (χ0v) is 30.0. The Morgan fingerprint density at radius 2 is 1.81 bits per heavy atom. The highest BCUT2D eigenvalue weighted by Gasteiger charge is 2.61. The Morgan fingerprint density at radius 3 is 2.57 bits per heavy atom. The van der Waals surface area contributed by atoms with E-state index in [1.807, 2.05) is 12.2 Å². The van der Waals surface area contributed by atoms with Crippen LogP contribution < -0.4 is 21.0 Å². The lowest BCUT2D eigenvalue weighted by atomic mass is 10.0. The van der Waals surface area contributed by atoms with Crippen LogP contribution in [0.2, 0.25) is 0 Å². The number of carbonyl (C=O) groups is 5. The van der Waals surface area contributed by atoms with Gasteiger partial charge in [-0.25, -0.2) is 18.4 Å². The third-order valence-corrected chi connectivity index (χ3v) is 9.85. The van der Waals surface area contributed by atoms with Gasteiger partial charge in [0, 0.05) is 30.5 Å². The lowest BCUT2D eigenvalue weighted by Gasteiger charge is -2.30. The zero-order valence-electron chi connectivity index (χ0n) is 30.0. The van der Waals surface area contributed by atoms with E-state index in [1.165, 1.54) is 34.1 Å². The quantitative estimate of drug-likeness (QED) is 0.293. The highest BCUT2D eigenvalue weighted by molar-refractivity contribution is 5.98. The number of allylic oxidation sites excluding steroid dienone is 1. The van der Waals surface area contributed by atoms with Crippen LogP contribution in [-0.2, 0) is 36.9 Å². The van der Waals surface area contributed by atoms with Crippen molar-refractivity contribution in [1.29, 1.82) is 0 Å². The topological polar surface area (TPSA) is 156 Å². The lowest BCUT2D eigenvalue weighted by molar-refractivity contribution is -0.142. The van der Waals surface area contributed by atoms with Gasteiger partial charge in [0.15, 0.2) is 5.75 Å². The Bertz CT molecular complexity index is 1780. The number of nitrogens with zero attached hydrogens (tertiary/aromatic N) is 2. The molecular formula is C38H45F2N5O8. The molecule has 5 amide bonds. The van der Waals surface area contributed by atoms with Crippen molar-refractivity contribution in [2.24, 2.45) is 5.92 Å². The molecule has 2 fully saturated rings. The number of ether oxygens (including phenoxy) is 2. The van der Waals surface area contributed by atoms with Crippen molar-refractivity contribution < 1.29 is 47.1 Å². The molecular weight excluding hydrogens is 692 g/mol. The Hall–Kier alpha value is -5.21. The maximum atomic E-state index is 14.4. The lowest BCUT2D eigenvalue weighted by Crippen LogP contribution is -2.58. The van der Waals surface area contributed by atoms with Crippen molar-refractivity contribution >= 4 is 29.9 Å². The molecule has 3 heterocycles. The molecule has 15 heteroatoms. The Balaban J connectivity index is 1.24. The summed E-state index contributed by atoms with van der Waals surface area (Å²) in [6.07, 6.45) is 4.54. The minimum atomic E-state index is -1.44. The van der Waals surface area contributed by atoms with Crippen molar-refractivity contribution in [3.05, 3.63) is 77.4 Å². The predicted molar refractivity (Wildman–Crippen MR) is 186 cm³/mol. The molecule has 6 rings (SSSR count). The summed E-state index contributed by atoms with van der Waals surface area (Å²) >= 11 is 0. The second-order valence-electron chi connectivity index (χ2n) is 15.0. The second-order valence-corrected chi connectivity index (χ2v) is 15.0. The SMILES string of the molecule is CC(C)(C)OC(=O)N[C@H]1CCCCC/C=C\[C@H]2C[C@@]2(C(=O)NOc2cccc(F)c2)NC(=O)[C@@H]2C[C@@H](OC(=O)N3Cc4cccc(F)c4C3)CN2C1=O. The first-order chi connectivity index (χ1) is 25.2. The molecule has 0 unspecified atom stereocenters. The van der Waals surface area contributed by atoms with E-state index in [9.17, 15) is 32.8 Å². The van der Waals surface area contributed by atoms with Crippen molar-refractivity contribution in [1.82, 2.24) is 25.9 Å². The number of hydroxylamine groups is 1. The Kier molecular flexibility index (Phi) is 10.9. The molecule has 1 saturated heterocycles. The first kappa shape index (κ1) is 37.5. The number of fused-ring (bicyclic) bond motifs is 3. The third-order valence-electron chi connectivity index (χ3n) is 9.85. The van der Waals surface area contributed by atoms with Gasteiger partial charge < -0.3 is 29.8 Å². The van der Waals surface area contributed by atoms with Gasteiger partial charge in [0.1, 0.15) is 41.0 Å². The number of rotatable bonds is 5. The fourth-order valence-electron chi connectivity index (χ4n) is 7.07. The Morgan fingerprint density at radius 1 is 1.02 bits per heavy atom. The maximum absolute atomic E-state index is 14.4. The summed E-state index contributed by atoms with van der Waals surface area (Å²) in [5.41, 5.74) is 1.12. The summed E-state index contributed by atoms with van der Waals surface area (Å²) in [4.78, 5) is 76.4. The molecule has 13 nitrogen and oxygen atoms in total. The van der Waals surface area contributed by atoms with Gasteiger partial charge in [0.25, 0.3) is 5.91 Å². The van der Waals surface area contributed by atoms with Crippen LogP contribution >= 0.6 is 0 Å². The standard InChI is InChI=1S/C38H45F2N5O8/c1-37(2,3)52-35(49)41-30-16-8-6-4-5-7-12-24-19-38(24,34(48)43-53-26-14-10-13-25(39)17-26)42-32(46)31-18-27(21-45(31)33(30)47)51-36(50)44-20-23-11-9-15-29(40)28(23)22-44/h7,9-15,17,24,27,30-31H,4-6,8,16,18-22H2,1-3H3,(H,41,49)(H,42,46)(H,43,48)/b12-7-/t24-,27+,30-,31-,38+/m0/s1. The maximum Gasteiger partial charge on any atom is 0.410 e. The summed E-state index contributed by atoms with van der Waals surface area (Å²) in [6, 6.07) is 7.58. The molecule has 5 atom stereocenters. The van der Waals surface area contributed by atoms with Crippen LogP contribution in [-0.4, -0.2) is 75.6 Å². The number of alkyl carbamates (subject to hydrolysis) is 1. The summed E-state index contributed by atoms with van der Waals surface area (Å²) < 4.78 is 39.5. The molecule has 284 valence electrons. The number of benzene rings is 2. The van der Waals surface area contributed by atoms with Crippen LogP contribution in [0.15, 0.2) is 54.6 Å². The van der Waals surface area contributed by atoms with Crippen molar-refractivity contribution in [3.63, 3.8) is 0 Å². The molecule has 0 spiro atoms. The van der Waals surface area contributed by atoms with E-state index in [2.05, 4.69) is 16.1 Å². The molecule has 3 N–H and O–H groups in total. The van der Waals surface area contributed by atoms with Gasteiger partial charge in [-0.3, -0.25) is 19.3 Å².